The van der Waals surface area contributed by atoms with E-state index < -0.39 is 9.84 Å². The Morgan fingerprint density at radius 3 is 2.93 bits per heavy atom. The highest BCUT2D eigenvalue weighted by atomic mass is 32.2. The molecule has 2 aliphatic heterocycles. The van der Waals surface area contributed by atoms with Crippen LogP contribution in [0.15, 0.2) is 0 Å². The minimum absolute atomic E-state index is 0.00958. The summed E-state index contributed by atoms with van der Waals surface area (Å²) in [6, 6.07) is -0.00958. The van der Waals surface area contributed by atoms with Crippen LogP contribution in [0.25, 0.3) is 0 Å². The minimum Gasteiger partial charge on any atom is -0.395 e. The van der Waals surface area contributed by atoms with Crippen molar-refractivity contribution in [3.63, 3.8) is 0 Å². The fourth-order valence-corrected chi connectivity index (χ4v) is 6.32. The van der Waals surface area contributed by atoms with Crippen molar-refractivity contribution < 1.29 is 13.5 Å². The van der Waals surface area contributed by atoms with Crippen molar-refractivity contribution in [2.75, 3.05) is 24.7 Å². The molecule has 2 aliphatic rings. The lowest BCUT2D eigenvalue weighted by molar-refractivity contribution is 0.236. The quantitative estimate of drug-likeness (QED) is 0.668. The molecule has 4 nitrogen and oxygen atoms in total. The predicted molar refractivity (Wildman–Crippen MR) is 60.2 cm³/mol. The third-order valence-corrected chi connectivity index (χ3v) is 6.17. The zero-order chi connectivity index (χ0) is 10.3. The van der Waals surface area contributed by atoms with E-state index >= 15 is 0 Å². The van der Waals surface area contributed by atoms with Crippen LogP contribution in [0.5, 0.6) is 0 Å². The standard InChI is InChI=1S/C7H11NO3S3/c9-2-1-8-5-3-14(10,11)4-6(5)13-7(8)12/h5-6,9H,1-4H2. The predicted octanol–water partition coefficient (Wildman–Crippen LogP) is -0.522. The molecule has 0 radical (unpaired) electrons. The van der Waals surface area contributed by atoms with Crippen LogP contribution >= 0.6 is 24.0 Å². The van der Waals surface area contributed by atoms with Crippen LogP contribution < -0.4 is 0 Å². The number of rotatable bonds is 2. The molecule has 0 bridgehead atoms. The van der Waals surface area contributed by atoms with Crippen molar-refractivity contribution in [1.82, 2.24) is 4.90 Å². The highest BCUT2D eigenvalue weighted by Crippen LogP contribution is 2.37. The van der Waals surface area contributed by atoms with E-state index in [0.717, 1.165) is 4.32 Å². The Morgan fingerprint density at radius 2 is 2.29 bits per heavy atom. The largest absolute Gasteiger partial charge is 0.395 e. The lowest BCUT2D eigenvalue weighted by Gasteiger charge is -2.22. The van der Waals surface area contributed by atoms with E-state index in [-0.39, 0.29) is 29.4 Å². The number of nitrogens with zero attached hydrogens (tertiary/aromatic N) is 1. The molecule has 2 fully saturated rings. The maximum atomic E-state index is 11.4. The average molecular weight is 253 g/mol. The van der Waals surface area contributed by atoms with Crippen molar-refractivity contribution in [1.29, 1.82) is 0 Å². The van der Waals surface area contributed by atoms with Gasteiger partial charge in [-0.2, -0.15) is 0 Å². The van der Waals surface area contributed by atoms with Crippen molar-refractivity contribution in [3.8, 4) is 0 Å². The van der Waals surface area contributed by atoms with Crippen LogP contribution in [0.1, 0.15) is 0 Å². The Labute approximate surface area is 92.6 Å². The van der Waals surface area contributed by atoms with Gasteiger partial charge in [-0.3, -0.25) is 0 Å². The van der Waals surface area contributed by atoms with Gasteiger partial charge in [0.2, 0.25) is 0 Å². The summed E-state index contributed by atoms with van der Waals surface area (Å²) in [4.78, 5) is 1.84. The molecule has 0 aromatic heterocycles. The summed E-state index contributed by atoms with van der Waals surface area (Å²) < 4.78 is 23.4. The van der Waals surface area contributed by atoms with Crippen LogP contribution in [0.4, 0.5) is 0 Å². The first-order valence-corrected chi connectivity index (χ1v) is 7.43. The SMILES string of the molecule is O=S1(=O)CC2SC(=S)N(CCO)C2C1. The van der Waals surface area contributed by atoms with Gasteiger partial charge in [0.05, 0.1) is 24.2 Å². The monoisotopic (exact) mass is 253 g/mol. The van der Waals surface area contributed by atoms with Gasteiger partial charge in [0.25, 0.3) is 0 Å². The first kappa shape index (κ1) is 10.7. The molecule has 2 heterocycles. The second kappa shape index (κ2) is 3.62. The number of thioether (sulfide) groups is 1. The highest BCUT2D eigenvalue weighted by Gasteiger charge is 2.47. The number of hydrogen-bond acceptors (Lipinski definition) is 5. The maximum Gasteiger partial charge on any atom is 0.153 e. The fraction of sp³-hybridized carbons (Fsp3) is 0.857. The number of fused-ring (bicyclic) bond motifs is 1. The van der Waals surface area contributed by atoms with Gasteiger partial charge in [0.15, 0.2) is 9.84 Å². The molecular weight excluding hydrogens is 242 g/mol. The molecular formula is C7H11NO3S3. The molecule has 0 aromatic carbocycles. The van der Waals surface area contributed by atoms with E-state index in [2.05, 4.69) is 0 Å². The molecule has 0 spiro atoms. The molecule has 2 saturated heterocycles. The van der Waals surface area contributed by atoms with Crippen molar-refractivity contribution in [2.24, 2.45) is 0 Å². The minimum atomic E-state index is -2.88. The molecule has 2 rings (SSSR count). The van der Waals surface area contributed by atoms with Crippen LogP contribution in [0.2, 0.25) is 0 Å². The molecule has 7 heteroatoms. The van der Waals surface area contributed by atoms with Gasteiger partial charge < -0.3 is 10.0 Å². The summed E-state index contributed by atoms with van der Waals surface area (Å²) >= 11 is 6.57. The van der Waals surface area contributed by atoms with E-state index in [4.69, 9.17) is 17.3 Å². The number of thiocarbonyl (C=S) groups is 1. The van der Waals surface area contributed by atoms with E-state index in [1.807, 2.05) is 4.90 Å². The molecule has 1 N–H and O–H groups in total. The molecule has 80 valence electrons. The van der Waals surface area contributed by atoms with Gasteiger partial charge in [0.1, 0.15) is 4.32 Å². The van der Waals surface area contributed by atoms with Gasteiger partial charge in [-0.25, -0.2) is 8.42 Å². The summed E-state index contributed by atoms with van der Waals surface area (Å²) in [7, 11) is -2.88. The summed E-state index contributed by atoms with van der Waals surface area (Å²) in [5.41, 5.74) is 0. The molecule has 0 aromatic rings. The van der Waals surface area contributed by atoms with Crippen molar-refractivity contribution >= 4 is 38.1 Å². The van der Waals surface area contributed by atoms with Gasteiger partial charge in [-0.15, -0.1) is 0 Å². The Kier molecular flexibility index (Phi) is 2.76. The first-order chi connectivity index (χ1) is 6.53. The zero-order valence-corrected chi connectivity index (χ0v) is 9.87. The zero-order valence-electron chi connectivity index (χ0n) is 7.42. The number of β-amino-alcohol motifs (C(OH)–C–C–N with tert-alkyl or cyclic N) is 1. The summed E-state index contributed by atoms with van der Waals surface area (Å²) in [6.07, 6.45) is 0. The van der Waals surface area contributed by atoms with Crippen LogP contribution in [-0.4, -0.2) is 58.7 Å². The molecule has 2 atom stereocenters. The lowest BCUT2D eigenvalue weighted by atomic mass is 10.2. The second-order valence-electron chi connectivity index (χ2n) is 3.48. The Bertz CT molecular complexity index is 353. The van der Waals surface area contributed by atoms with Gasteiger partial charge >= 0.3 is 0 Å². The number of aliphatic hydroxyl groups is 1. The van der Waals surface area contributed by atoms with Crippen LogP contribution in [0, 0.1) is 0 Å². The number of sulfone groups is 1. The molecule has 0 aliphatic carbocycles. The third kappa shape index (κ3) is 1.78. The van der Waals surface area contributed by atoms with Crippen LogP contribution in [0.3, 0.4) is 0 Å². The molecule has 0 amide bonds. The highest BCUT2D eigenvalue weighted by molar-refractivity contribution is 8.24. The summed E-state index contributed by atoms with van der Waals surface area (Å²) in [6.45, 7) is 0.465. The third-order valence-electron chi connectivity index (χ3n) is 2.50. The van der Waals surface area contributed by atoms with E-state index in [1.165, 1.54) is 11.8 Å². The smallest absolute Gasteiger partial charge is 0.153 e. The summed E-state index contributed by atoms with van der Waals surface area (Å²) in [5, 5.41) is 8.92. The molecule has 0 saturated carbocycles. The molecule has 14 heavy (non-hydrogen) atoms. The van der Waals surface area contributed by atoms with Gasteiger partial charge in [-0.05, 0) is 0 Å². The van der Waals surface area contributed by atoms with E-state index in [1.54, 1.807) is 0 Å². The van der Waals surface area contributed by atoms with Gasteiger partial charge in [-0.1, -0.05) is 24.0 Å². The lowest BCUT2D eigenvalue weighted by Crippen LogP contribution is -2.38. The normalized spacial score (nSPS) is 34.9. The maximum absolute atomic E-state index is 11.4. The Morgan fingerprint density at radius 1 is 1.57 bits per heavy atom. The van der Waals surface area contributed by atoms with Gasteiger partial charge in [0, 0.05) is 11.8 Å². The molecule has 2 unspecified atom stereocenters. The first-order valence-electron chi connectivity index (χ1n) is 4.32. The Balaban J connectivity index is 2.17. The van der Waals surface area contributed by atoms with E-state index in [0.29, 0.717) is 6.54 Å². The topological polar surface area (TPSA) is 57.6 Å². The second-order valence-corrected chi connectivity index (χ2v) is 7.51. The average Bonchev–Trinajstić information content (AvgIpc) is 2.47. The summed E-state index contributed by atoms with van der Waals surface area (Å²) in [5.74, 6) is 0.412. The van der Waals surface area contributed by atoms with Crippen molar-refractivity contribution in [2.45, 2.75) is 11.3 Å². The van der Waals surface area contributed by atoms with Crippen molar-refractivity contribution in [3.05, 3.63) is 0 Å². The Hall–Kier alpha value is 0.150. The number of aliphatic hydroxyl groups excluding tert-OH is 1. The van der Waals surface area contributed by atoms with E-state index in [9.17, 15) is 8.42 Å². The fourth-order valence-electron chi connectivity index (χ4n) is 1.90. The van der Waals surface area contributed by atoms with Crippen LogP contribution in [-0.2, 0) is 9.84 Å². The number of hydrogen-bond donors (Lipinski definition) is 1.